The first-order chi connectivity index (χ1) is 8.92. The Hall–Kier alpha value is -0.750. The average molecular weight is 280 g/mol. The van der Waals surface area contributed by atoms with Gasteiger partial charge in [-0.3, -0.25) is 9.89 Å². The molecule has 3 rings (SSSR count). The molecule has 0 bridgehead atoms. The van der Waals surface area contributed by atoms with Crippen LogP contribution in [-0.4, -0.2) is 44.3 Å². The van der Waals surface area contributed by atoms with Crippen LogP contribution in [0.1, 0.15) is 0 Å². The summed E-state index contributed by atoms with van der Waals surface area (Å²) < 4.78 is 9.20. The van der Waals surface area contributed by atoms with Gasteiger partial charge in [0.2, 0.25) is 0 Å². The molecule has 0 amide bonds. The molecule has 1 aromatic heterocycles. The number of fused-ring (bicyclic) bond motifs is 1. The maximum Gasteiger partial charge on any atom is 0.167 e. The lowest BCUT2D eigenvalue weighted by Gasteiger charge is -2.25. The van der Waals surface area contributed by atoms with Crippen LogP contribution < -0.4 is 3.98 Å². The number of morpholine rings is 1. The topological polar surface area (TPSA) is 24.8 Å². The van der Waals surface area contributed by atoms with E-state index in [9.17, 15) is 0 Å². The van der Waals surface area contributed by atoms with E-state index in [-0.39, 0.29) is 0 Å². The second kappa shape index (κ2) is 5.93. The van der Waals surface area contributed by atoms with Crippen LogP contribution in [0.15, 0.2) is 29.3 Å². The molecule has 1 saturated heterocycles. The summed E-state index contributed by atoms with van der Waals surface area (Å²) >= 11 is 3.59. The highest BCUT2D eigenvalue weighted by molar-refractivity contribution is 7.35. The zero-order valence-electron chi connectivity index (χ0n) is 10.2. The van der Waals surface area contributed by atoms with Crippen LogP contribution >= 0.6 is 22.7 Å². The van der Waals surface area contributed by atoms with E-state index in [1.807, 2.05) is 0 Å². The molecule has 0 saturated carbocycles. The molecule has 0 radical (unpaired) electrons. The molecule has 1 fully saturated rings. The van der Waals surface area contributed by atoms with Gasteiger partial charge in [-0.1, -0.05) is 12.1 Å². The fourth-order valence-corrected chi connectivity index (χ4v) is 4.27. The maximum absolute atomic E-state index is 5.34. The van der Waals surface area contributed by atoms with Crippen LogP contribution in [0.4, 0.5) is 0 Å². The first kappa shape index (κ1) is 12.3. The summed E-state index contributed by atoms with van der Waals surface area (Å²) in [4.78, 5) is 7.11. The summed E-state index contributed by atoms with van der Waals surface area (Å²) in [6, 6.07) is 8.50. The van der Waals surface area contributed by atoms with Gasteiger partial charge < -0.3 is 4.74 Å². The molecule has 1 aromatic carbocycles. The van der Waals surface area contributed by atoms with Crippen LogP contribution in [0.3, 0.4) is 0 Å². The van der Waals surface area contributed by atoms with E-state index in [1.165, 1.54) is 13.4 Å². The molecule has 5 heteroatoms. The molecule has 1 aliphatic rings. The predicted molar refractivity (Wildman–Crippen MR) is 77.4 cm³/mol. The monoisotopic (exact) mass is 280 g/mol. The van der Waals surface area contributed by atoms with E-state index in [4.69, 9.17) is 9.73 Å². The van der Waals surface area contributed by atoms with Gasteiger partial charge in [-0.2, -0.15) is 0 Å². The van der Waals surface area contributed by atoms with Crippen molar-refractivity contribution < 1.29 is 4.74 Å². The van der Waals surface area contributed by atoms with Crippen LogP contribution in [0, 0.1) is 0 Å². The Bertz CT molecular complexity index is 533. The number of benzene rings is 1. The maximum atomic E-state index is 5.34. The van der Waals surface area contributed by atoms with Gasteiger partial charge in [-0.25, -0.2) is 0 Å². The fraction of sp³-hybridized carbons (Fsp3) is 0.462. The molecule has 1 aliphatic heterocycles. The first-order valence-electron chi connectivity index (χ1n) is 6.21. The second-order valence-corrected chi connectivity index (χ2v) is 6.57. The van der Waals surface area contributed by atoms with E-state index >= 15 is 0 Å². The zero-order valence-corrected chi connectivity index (χ0v) is 11.8. The third kappa shape index (κ3) is 2.98. The lowest BCUT2D eigenvalue weighted by atomic mass is 10.4. The molecule has 96 valence electrons. The summed E-state index contributed by atoms with van der Waals surface area (Å²) in [5, 5.41) is 0. The number of nitrogens with zero attached hydrogens (tertiary/aromatic N) is 2. The molecule has 18 heavy (non-hydrogen) atoms. The van der Waals surface area contributed by atoms with Crippen molar-refractivity contribution >= 4 is 32.1 Å². The molecule has 0 N–H and O–H groups in total. The van der Waals surface area contributed by atoms with Crippen molar-refractivity contribution in [3.8, 4) is 0 Å². The molecule has 0 atom stereocenters. The van der Waals surface area contributed by atoms with Gasteiger partial charge in [0.1, 0.15) is 0 Å². The molecule has 2 heterocycles. The van der Waals surface area contributed by atoms with Gasteiger partial charge in [-0.15, -0.1) is 22.7 Å². The highest BCUT2D eigenvalue weighted by Crippen LogP contribution is 2.20. The van der Waals surface area contributed by atoms with Gasteiger partial charge in [-0.05, 0) is 12.1 Å². The third-order valence-corrected chi connectivity index (χ3v) is 5.39. The van der Waals surface area contributed by atoms with Crippen molar-refractivity contribution in [2.75, 3.05) is 39.4 Å². The standard InChI is InChI=1S/C13H16N2OS2/c1-2-4-12-11(3-1)17-13(18-12)14-5-6-15-7-9-16-10-8-15/h1-4H,5-10H2. The lowest BCUT2D eigenvalue weighted by molar-refractivity contribution is 0.0394. The normalized spacial score (nSPS) is 17.1. The molecule has 3 nitrogen and oxygen atoms in total. The van der Waals surface area contributed by atoms with Gasteiger partial charge in [0.05, 0.1) is 19.8 Å². The van der Waals surface area contributed by atoms with E-state index in [2.05, 4.69) is 29.2 Å². The van der Waals surface area contributed by atoms with Crippen molar-refractivity contribution in [2.45, 2.75) is 0 Å². The Kier molecular flexibility index (Phi) is 4.05. The quantitative estimate of drug-likeness (QED) is 0.861. The zero-order chi connectivity index (χ0) is 12.2. The number of ether oxygens (including phenoxy) is 1. The van der Waals surface area contributed by atoms with Gasteiger partial charge in [0.15, 0.2) is 3.98 Å². The lowest BCUT2D eigenvalue weighted by Crippen LogP contribution is -2.37. The van der Waals surface area contributed by atoms with Crippen molar-refractivity contribution in [1.82, 2.24) is 4.90 Å². The Morgan fingerprint density at radius 1 is 1.11 bits per heavy atom. The Balaban J connectivity index is 1.64. The van der Waals surface area contributed by atoms with E-state index in [0.29, 0.717) is 0 Å². The minimum atomic E-state index is 0.867. The Morgan fingerprint density at radius 2 is 1.78 bits per heavy atom. The number of hydrogen-bond acceptors (Lipinski definition) is 5. The van der Waals surface area contributed by atoms with Crippen LogP contribution in [-0.2, 0) is 4.74 Å². The number of rotatable bonds is 3. The van der Waals surface area contributed by atoms with Gasteiger partial charge in [0, 0.05) is 29.0 Å². The molecule has 0 unspecified atom stereocenters. The van der Waals surface area contributed by atoms with Crippen LogP contribution in [0.5, 0.6) is 0 Å². The molecule has 2 aromatic rings. The first-order valence-corrected chi connectivity index (χ1v) is 7.84. The third-order valence-electron chi connectivity index (χ3n) is 3.00. The van der Waals surface area contributed by atoms with Gasteiger partial charge >= 0.3 is 0 Å². The van der Waals surface area contributed by atoms with E-state index < -0.39 is 0 Å². The van der Waals surface area contributed by atoms with Crippen molar-refractivity contribution in [1.29, 1.82) is 0 Å². The summed E-state index contributed by atoms with van der Waals surface area (Å²) in [6.07, 6.45) is 0. The van der Waals surface area contributed by atoms with E-state index in [0.717, 1.165) is 39.4 Å². The number of hydrogen-bond donors (Lipinski definition) is 0. The van der Waals surface area contributed by atoms with Crippen LogP contribution in [0.2, 0.25) is 0 Å². The summed E-state index contributed by atoms with van der Waals surface area (Å²) in [6.45, 7) is 5.77. The Labute approximate surface area is 114 Å². The van der Waals surface area contributed by atoms with Gasteiger partial charge in [0.25, 0.3) is 0 Å². The van der Waals surface area contributed by atoms with Crippen molar-refractivity contribution in [2.24, 2.45) is 4.99 Å². The molecule has 0 spiro atoms. The minimum absolute atomic E-state index is 0.867. The molecule has 0 aliphatic carbocycles. The van der Waals surface area contributed by atoms with Crippen molar-refractivity contribution in [3.05, 3.63) is 28.3 Å². The SMILES string of the molecule is c1ccc2sc(=NCCN3CCOCC3)sc2c1. The Morgan fingerprint density at radius 3 is 2.44 bits per heavy atom. The fourth-order valence-electron chi connectivity index (χ4n) is 2.00. The molecular weight excluding hydrogens is 264 g/mol. The predicted octanol–water partition coefficient (Wildman–Crippen LogP) is 2.20. The largest absolute Gasteiger partial charge is 0.379 e. The summed E-state index contributed by atoms with van der Waals surface area (Å²) in [5.41, 5.74) is 0. The van der Waals surface area contributed by atoms with Crippen LogP contribution in [0.25, 0.3) is 9.40 Å². The van der Waals surface area contributed by atoms with Crippen molar-refractivity contribution in [3.63, 3.8) is 0 Å². The smallest absolute Gasteiger partial charge is 0.167 e. The highest BCUT2D eigenvalue weighted by Gasteiger charge is 2.08. The highest BCUT2D eigenvalue weighted by atomic mass is 32.2. The molecular formula is C13H16N2OS2. The summed E-state index contributed by atoms with van der Waals surface area (Å²) in [7, 11) is 0. The minimum Gasteiger partial charge on any atom is -0.379 e. The summed E-state index contributed by atoms with van der Waals surface area (Å²) in [5.74, 6) is 0. The second-order valence-electron chi connectivity index (χ2n) is 4.25. The average Bonchev–Trinajstić information content (AvgIpc) is 2.82. The van der Waals surface area contributed by atoms with E-state index in [1.54, 1.807) is 22.7 Å².